The quantitative estimate of drug-likeness (QED) is 0.333. The zero-order valence-corrected chi connectivity index (χ0v) is 16.9. The molecule has 1 aromatic carbocycles. The summed E-state index contributed by atoms with van der Waals surface area (Å²) in [6.07, 6.45) is 14.4. The van der Waals surface area contributed by atoms with Crippen LogP contribution < -0.4 is 0 Å². The van der Waals surface area contributed by atoms with Crippen LogP contribution in [0.4, 0.5) is 0 Å². The number of rotatable bonds is 15. The molecule has 3 heteroatoms. The second-order valence-corrected chi connectivity index (χ2v) is 8.53. The Morgan fingerprint density at radius 3 is 1.96 bits per heavy atom. The molecule has 142 valence electrons. The van der Waals surface area contributed by atoms with Crippen LogP contribution in [-0.4, -0.2) is 16.3 Å². The van der Waals surface area contributed by atoms with E-state index in [2.05, 4.69) is 19.1 Å². The third-order valence-corrected chi connectivity index (χ3v) is 6.15. The van der Waals surface area contributed by atoms with Crippen LogP contribution >= 0.6 is 11.8 Å². The van der Waals surface area contributed by atoms with E-state index in [1.165, 1.54) is 69.8 Å². The van der Waals surface area contributed by atoms with Crippen LogP contribution in [0.3, 0.4) is 0 Å². The molecule has 2 nitrogen and oxygen atoms in total. The number of carboxylic acids is 1. The molecular weight excluding hydrogens is 328 g/mol. The largest absolute Gasteiger partial charge is 0.480 e. The first-order chi connectivity index (χ1) is 12.1. The molecule has 0 fully saturated rings. The highest BCUT2D eigenvalue weighted by molar-refractivity contribution is 8.00. The Balaban J connectivity index is 2.23. The minimum Gasteiger partial charge on any atom is -0.480 e. The number of unbranched alkanes of at least 4 members (excludes halogenated alkanes) is 9. The highest BCUT2D eigenvalue weighted by Gasteiger charge is 2.19. The first-order valence-electron chi connectivity index (χ1n) is 10.1. The summed E-state index contributed by atoms with van der Waals surface area (Å²) in [7, 11) is 0. The lowest BCUT2D eigenvalue weighted by molar-refractivity contribution is -0.136. The molecule has 0 aliphatic rings. The van der Waals surface area contributed by atoms with Crippen molar-refractivity contribution in [2.75, 3.05) is 0 Å². The number of hydrogen-bond donors (Lipinski definition) is 1. The fraction of sp³-hybridized carbons (Fsp3) is 0.682. The normalized spacial score (nSPS) is 13.5. The zero-order valence-electron chi connectivity index (χ0n) is 16.1. The number of benzene rings is 1. The maximum Gasteiger partial charge on any atom is 0.316 e. The van der Waals surface area contributed by atoms with Gasteiger partial charge in [-0.25, -0.2) is 0 Å². The lowest BCUT2D eigenvalue weighted by Gasteiger charge is -2.19. The molecule has 0 radical (unpaired) electrons. The first-order valence-corrected chi connectivity index (χ1v) is 11.0. The standard InChI is InChI=1S/C22H36O2S/c1-3-4-5-6-7-8-9-10-11-15-18-21(25-19(2)22(23)24)20-16-13-12-14-17-20/h12-14,16-17,19,21H,3-11,15,18H2,1-2H3,(H,23,24). The lowest BCUT2D eigenvalue weighted by atomic mass is 10.0. The Morgan fingerprint density at radius 1 is 0.920 bits per heavy atom. The van der Waals surface area contributed by atoms with Gasteiger partial charge in [0.1, 0.15) is 5.25 Å². The van der Waals surface area contributed by atoms with Crippen molar-refractivity contribution in [3.63, 3.8) is 0 Å². The van der Waals surface area contributed by atoms with Crippen molar-refractivity contribution in [2.45, 2.75) is 95.0 Å². The maximum atomic E-state index is 11.2. The van der Waals surface area contributed by atoms with E-state index in [1.807, 2.05) is 18.2 Å². The maximum absolute atomic E-state index is 11.2. The second kappa shape index (κ2) is 14.2. The van der Waals surface area contributed by atoms with Gasteiger partial charge >= 0.3 is 5.97 Å². The number of aliphatic carboxylic acids is 1. The highest BCUT2D eigenvalue weighted by atomic mass is 32.2. The molecule has 0 aromatic heterocycles. The molecule has 0 aliphatic heterocycles. The summed E-state index contributed by atoms with van der Waals surface area (Å²) < 4.78 is 0. The SMILES string of the molecule is CCCCCCCCCCCCC(SC(C)C(=O)O)c1ccccc1. The minimum absolute atomic E-state index is 0.293. The van der Waals surface area contributed by atoms with Gasteiger partial charge in [-0.05, 0) is 18.9 Å². The summed E-state index contributed by atoms with van der Waals surface area (Å²) >= 11 is 1.59. The second-order valence-electron chi connectivity index (χ2n) is 6.99. The molecule has 1 aromatic rings. The minimum atomic E-state index is -0.714. The molecule has 0 spiro atoms. The van der Waals surface area contributed by atoms with Crippen LogP contribution in [0, 0.1) is 0 Å². The van der Waals surface area contributed by atoms with Crippen LogP contribution in [-0.2, 0) is 4.79 Å². The topological polar surface area (TPSA) is 37.3 Å². The van der Waals surface area contributed by atoms with Crippen molar-refractivity contribution < 1.29 is 9.90 Å². The average Bonchev–Trinajstić information content (AvgIpc) is 2.62. The fourth-order valence-electron chi connectivity index (χ4n) is 3.10. The third-order valence-electron chi connectivity index (χ3n) is 4.71. The van der Waals surface area contributed by atoms with Crippen LogP contribution in [0.15, 0.2) is 30.3 Å². The summed E-state index contributed by atoms with van der Waals surface area (Å²) in [6.45, 7) is 4.06. The van der Waals surface area contributed by atoms with E-state index >= 15 is 0 Å². The Bertz CT molecular complexity index is 447. The van der Waals surface area contributed by atoms with Gasteiger partial charge < -0.3 is 5.11 Å². The van der Waals surface area contributed by atoms with E-state index in [1.54, 1.807) is 18.7 Å². The number of hydrogen-bond acceptors (Lipinski definition) is 2. The molecule has 0 saturated carbocycles. The van der Waals surface area contributed by atoms with E-state index in [4.69, 9.17) is 0 Å². The summed E-state index contributed by atoms with van der Waals surface area (Å²) in [5.74, 6) is -0.714. The summed E-state index contributed by atoms with van der Waals surface area (Å²) in [5.41, 5.74) is 1.26. The van der Waals surface area contributed by atoms with Gasteiger partial charge in [-0.1, -0.05) is 101 Å². The molecule has 1 N–H and O–H groups in total. The average molecular weight is 365 g/mol. The monoisotopic (exact) mass is 364 g/mol. The molecule has 0 bridgehead atoms. The summed E-state index contributed by atoms with van der Waals surface area (Å²) in [5, 5.41) is 9.14. The Labute approximate surface area is 158 Å². The molecule has 0 aliphatic carbocycles. The predicted molar refractivity (Wildman–Crippen MR) is 110 cm³/mol. The molecular formula is C22H36O2S. The van der Waals surface area contributed by atoms with Gasteiger partial charge in [0, 0.05) is 5.25 Å². The van der Waals surface area contributed by atoms with Crippen LogP contribution in [0.2, 0.25) is 0 Å². The van der Waals surface area contributed by atoms with Crippen molar-refractivity contribution in [3.8, 4) is 0 Å². The van der Waals surface area contributed by atoms with Crippen molar-refractivity contribution in [1.82, 2.24) is 0 Å². The zero-order chi connectivity index (χ0) is 18.3. The number of carboxylic acid groups (broad SMARTS) is 1. The highest BCUT2D eigenvalue weighted by Crippen LogP contribution is 2.36. The van der Waals surface area contributed by atoms with Gasteiger partial charge in [0.25, 0.3) is 0 Å². The first kappa shape index (κ1) is 22.1. The van der Waals surface area contributed by atoms with Gasteiger partial charge in [0.05, 0.1) is 0 Å². The van der Waals surface area contributed by atoms with Crippen molar-refractivity contribution in [2.24, 2.45) is 0 Å². The van der Waals surface area contributed by atoms with Gasteiger partial charge in [0.15, 0.2) is 0 Å². The molecule has 2 atom stereocenters. The number of thioether (sulfide) groups is 1. The summed E-state index contributed by atoms with van der Waals surface area (Å²) in [6, 6.07) is 10.4. The molecule has 25 heavy (non-hydrogen) atoms. The van der Waals surface area contributed by atoms with E-state index in [0.29, 0.717) is 5.25 Å². The Hall–Kier alpha value is -0.960. The molecule has 0 saturated heterocycles. The molecule has 2 unspecified atom stereocenters. The molecule has 0 heterocycles. The van der Waals surface area contributed by atoms with Crippen LogP contribution in [0.5, 0.6) is 0 Å². The van der Waals surface area contributed by atoms with Crippen molar-refractivity contribution >= 4 is 17.7 Å². The van der Waals surface area contributed by atoms with E-state index in [0.717, 1.165) is 6.42 Å². The van der Waals surface area contributed by atoms with Crippen LogP contribution in [0.1, 0.15) is 95.3 Å². The van der Waals surface area contributed by atoms with Gasteiger partial charge in [0.2, 0.25) is 0 Å². The van der Waals surface area contributed by atoms with Crippen LogP contribution in [0.25, 0.3) is 0 Å². The summed E-state index contributed by atoms with van der Waals surface area (Å²) in [4.78, 5) is 11.2. The lowest BCUT2D eigenvalue weighted by Crippen LogP contribution is -2.13. The molecule has 0 amide bonds. The Morgan fingerprint density at radius 2 is 1.44 bits per heavy atom. The van der Waals surface area contributed by atoms with E-state index < -0.39 is 5.97 Å². The van der Waals surface area contributed by atoms with Gasteiger partial charge in [-0.15, -0.1) is 11.8 Å². The van der Waals surface area contributed by atoms with E-state index in [-0.39, 0.29) is 5.25 Å². The van der Waals surface area contributed by atoms with Gasteiger partial charge in [-0.2, -0.15) is 0 Å². The fourth-order valence-corrected chi connectivity index (χ4v) is 4.33. The van der Waals surface area contributed by atoms with Crippen molar-refractivity contribution in [3.05, 3.63) is 35.9 Å². The Kier molecular flexibility index (Phi) is 12.6. The van der Waals surface area contributed by atoms with E-state index in [9.17, 15) is 9.90 Å². The smallest absolute Gasteiger partial charge is 0.316 e. The van der Waals surface area contributed by atoms with Gasteiger partial charge in [-0.3, -0.25) is 4.79 Å². The molecule has 1 rings (SSSR count). The number of carbonyl (C=O) groups is 1. The predicted octanol–water partition coefficient (Wildman–Crippen LogP) is 7.25. The van der Waals surface area contributed by atoms with Crippen molar-refractivity contribution in [1.29, 1.82) is 0 Å². The third kappa shape index (κ3) is 10.6.